The molecule has 2 aromatic carbocycles. The maximum atomic E-state index is 11.2. The van der Waals surface area contributed by atoms with Gasteiger partial charge in [0.15, 0.2) is 0 Å². The number of aliphatic hydroxyl groups excluding tert-OH is 2. The second kappa shape index (κ2) is 13.2. The quantitative estimate of drug-likeness (QED) is 0.267. The number of aliphatic hydroxyl groups is 2. The monoisotopic (exact) mass is 417 g/mol. The molecule has 8 nitrogen and oxygen atoms in total. The van der Waals surface area contributed by atoms with Crippen molar-refractivity contribution >= 4 is 18.2 Å². The highest BCUT2D eigenvalue weighted by molar-refractivity contribution is 5.87. The smallest absolute Gasteiger partial charge is 0.320 e. The van der Waals surface area contributed by atoms with E-state index in [9.17, 15) is 14.4 Å². The first-order valence-corrected chi connectivity index (χ1v) is 9.23. The zero-order valence-corrected chi connectivity index (χ0v) is 16.7. The lowest BCUT2D eigenvalue weighted by molar-refractivity contribution is -0.147. The number of carboxylic acid groups (broad SMARTS) is 1. The molecule has 0 saturated heterocycles. The van der Waals surface area contributed by atoms with Gasteiger partial charge in [0.05, 0.1) is 20.3 Å². The number of hydrogen-bond acceptors (Lipinski definition) is 7. The minimum atomic E-state index is -1.00. The molecule has 0 aromatic heterocycles. The number of rotatable bonds is 9. The number of carbonyl (C=O) groups excluding carboxylic acids is 2. The van der Waals surface area contributed by atoms with Gasteiger partial charge in [-0.25, -0.2) is 0 Å². The molecule has 0 heterocycles. The Morgan fingerprint density at radius 2 is 1.30 bits per heavy atom. The van der Waals surface area contributed by atoms with Crippen LogP contribution in [-0.2, 0) is 45.2 Å². The van der Waals surface area contributed by atoms with Gasteiger partial charge in [0, 0.05) is 0 Å². The summed E-state index contributed by atoms with van der Waals surface area (Å²) in [6.45, 7) is -0.0281. The van der Waals surface area contributed by atoms with Crippen molar-refractivity contribution in [2.45, 2.75) is 32.1 Å². The van der Waals surface area contributed by atoms with Gasteiger partial charge in [-0.15, -0.1) is 0 Å². The van der Waals surface area contributed by atoms with E-state index >= 15 is 0 Å². The molecule has 2 atom stereocenters. The Hall–Kier alpha value is -3.07. The Kier molecular flexibility index (Phi) is 11.0. The van der Waals surface area contributed by atoms with Crippen molar-refractivity contribution < 1.29 is 34.4 Å². The van der Waals surface area contributed by atoms with Crippen molar-refractivity contribution in [2.75, 3.05) is 7.11 Å². The zero-order chi connectivity index (χ0) is 22.5. The number of aldehydes is 1. The van der Waals surface area contributed by atoms with Crippen molar-refractivity contribution in [1.29, 1.82) is 0 Å². The van der Waals surface area contributed by atoms with E-state index in [4.69, 9.17) is 21.1 Å². The van der Waals surface area contributed by atoms with Crippen molar-refractivity contribution in [3.63, 3.8) is 0 Å². The topological polar surface area (TPSA) is 147 Å². The van der Waals surface area contributed by atoms with Gasteiger partial charge >= 0.3 is 11.9 Å². The van der Waals surface area contributed by atoms with Crippen LogP contribution in [0.2, 0.25) is 0 Å². The molecular formula is C22H27NO7. The van der Waals surface area contributed by atoms with E-state index in [0.29, 0.717) is 19.1 Å². The van der Waals surface area contributed by atoms with Gasteiger partial charge in [0.2, 0.25) is 0 Å². The Labute approximate surface area is 174 Å². The first kappa shape index (κ1) is 25.0. The van der Waals surface area contributed by atoms with E-state index in [-0.39, 0.29) is 13.2 Å². The summed E-state index contributed by atoms with van der Waals surface area (Å²) >= 11 is 0. The average Bonchev–Trinajstić information content (AvgIpc) is 2.78. The standard InChI is InChI=1S/C12H14O4.C10H13NO3/c1-16-12(15)11(8-14)6-9-2-4-10(7-13)5-3-9;11-9(10(13)14)5-7-1-3-8(6-12)4-2-7/h2-5,8,11,13H,6-7H2,1H3;1-4,9,12H,5-6,11H2,(H,13,14). The molecule has 8 heteroatoms. The van der Waals surface area contributed by atoms with Gasteiger partial charge in [-0.3, -0.25) is 9.59 Å². The Morgan fingerprint density at radius 1 is 0.900 bits per heavy atom. The van der Waals surface area contributed by atoms with E-state index in [1.54, 1.807) is 48.5 Å². The highest BCUT2D eigenvalue weighted by atomic mass is 16.5. The fourth-order valence-corrected chi connectivity index (χ4v) is 2.50. The number of carbonyl (C=O) groups is 3. The molecule has 30 heavy (non-hydrogen) atoms. The number of benzene rings is 2. The summed E-state index contributed by atoms with van der Waals surface area (Å²) in [5.74, 6) is -2.29. The predicted octanol–water partition coefficient (Wildman–Crippen LogP) is 0.843. The number of methoxy groups -OCH3 is 1. The molecule has 0 amide bonds. The average molecular weight is 417 g/mol. The third kappa shape index (κ3) is 8.52. The molecule has 0 saturated carbocycles. The molecular weight excluding hydrogens is 390 g/mol. The summed E-state index contributed by atoms with van der Waals surface area (Å²) in [7, 11) is 1.26. The van der Waals surface area contributed by atoms with Gasteiger partial charge in [0.25, 0.3) is 0 Å². The minimum Gasteiger partial charge on any atom is -0.480 e. The molecule has 0 spiro atoms. The van der Waals surface area contributed by atoms with Crippen molar-refractivity contribution in [1.82, 2.24) is 0 Å². The highest BCUT2D eigenvalue weighted by Crippen LogP contribution is 2.10. The third-order valence-corrected chi connectivity index (χ3v) is 4.31. The predicted molar refractivity (Wildman–Crippen MR) is 109 cm³/mol. The fraction of sp³-hybridized carbons (Fsp3) is 0.318. The highest BCUT2D eigenvalue weighted by Gasteiger charge is 2.18. The van der Waals surface area contributed by atoms with Crippen molar-refractivity contribution in [3.8, 4) is 0 Å². The summed E-state index contributed by atoms with van der Waals surface area (Å²) in [6.07, 6.45) is 1.22. The maximum Gasteiger partial charge on any atom is 0.320 e. The van der Waals surface area contributed by atoms with Gasteiger partial charge in [0.1, 0.15) is 18.2 Å². The van der Waals surface area contributed by atoms with Crippen LogP contribution in [0.4, 0.5) is 0 Å². The van der Waals surface area contributed by atoms with Gasteiger partial charge < -0.3 is 30.6 Å². The Morgan fingerprint density at radius 3 is 1.63 bits per heavy atom. The number of carboxylic acids is 1. The molecule has 0 aliphatic carbocycles. The molecule has 0 bridgehead atoms. The van der Waals surface area contributed by atoms with Crippen LogP contribution in [0.5, 0.6) is 0 Å². The van der Waals surface area contributed by atoms with Gasteiger partial charge in [-0.05, 0) is 35.1 Å². The van der Waals surface area contributed by atoms with Crippen LogP contribution in [-0.4, -0.2) is 46.7 Å². The van der Waals surface area contributed by atoms with Crippen molar-refractivity contribution in [3.05, 3.63) is 70.8 Å². The lowest BCUT2D eigenvalue weighted by Crippen LogP contribution is -2.32. The molecule has 0 radical (unpaired) electrons. The first-order valence-electron chi connectivity index (χ1n) is 9.23. The molecule has 5 N–H and O–H groups in total. The summed E-state index contributed by atoms with van der Waals surface area (Å²) in [5, 5.41) is 26.2. The fourth-order valence-electron chi connectivity index (χ4n) is 2.50. The van der Waals surface area contributed by atoms with E-state index in [1.165, 1.54) is 7.11 Å². The van der Waals surface area contributed by atoms with E-state index < -0.39 is 23.9 Å². The van der Waals surface area contributed by atoms with E-state index in [1.807, 2.05) is 0 Å². The van der Waals surface area contributed by atoms with Crippen LogP contribution in [0.3, 0.4) is 0 Å². The lowest BCUT2D eigenvalue weighted by Gasteiger charge is -2.08. The molecule has 0 fully saturated rings. The summed E-state index contributed by atoms with van der Waals surface area (Å²) < 4.78 is 4.51. The third-order valence-electron chi connectivity index (χ3n) is 4.31. The zero-order valence-electron chi connectivity index (χ0n) is 16.7. The van der Waals surface area contributed by atoms with Crippen LogP contribution >= 0.6 is 0 Å². The van der Waals surface area contributed by atoms with Crippen LogP contribution in [0.1, 0.15) is 22.3 Å². The van der Waals surface area contributed by atoms with Gasteiger partial charge in [-0.2, -0.15) is 0 Å². The lowest BCUT2D eigenvalue weighted by atomic mass is 10.00. The largest absolute Gasteiger partial charge is 0.480 e. The summed E-state index contributed by atoms with van der Waals surface area (Å²) in [4.78, 5) is 32.3. The van der Waals surface area contributed by atoms with Crippen LogP contribution < -0.4 is 5.73 Å². The number of aliphatic carboxylic acids is 1. The minimum absolute atomic E-state index is 0.00867. The molecule has 2 aromatic rings. The number of ether oxygens (including phenoxy) is 1. The summed E-state index contributed by atoms with van der Waals surface area (Å²) in [5.41, 5.74) is 8.69. The molecule has 0 aliphatic rings. The van der Waals surface area contributed by atoms with Gasteiger partial charge in [-0.1, -0.05) is 48.5 Å². The SMILES string of the molecule is COC(=O)C(C=O)Cc1ccc(CO)cc1.NC(Cc1ccc(CO)cc1)C(=O)O. The second-order valence-corrected chi connectivity index (χ2v) is 6.57. The van der Waals surface area contributed by atoms with Crippen LogP contribution in [0.15, 0.2) is 48.5 Å². The molecule has 0 aliphatic heterocycles. The molecule has 162 valence electrons. The second-order valence-electron chi connectivity index (χ2n) is 6.57. The van der Waals surface area contributed by atoms with E-state index in [0.717, 1.165) is 22.3 Å². The molecule has 2 rings (SSSR count). The Balaban J connectivity index is 0.000000303. The summed E-state index contributed by atoms with van der Waals surface area (Å²) in [6, 6.07) is 13.3. The number of nitrogens with two attached hydrogens (primary N) is 1. The number of hydrogen-bond donors (Lipinski definition) is 4. The molecule has 2 unspecified atom stereocenters. The van der Waals surface area contributed by atoms with E-state index in [2.05, 4.69) is 4.74 Å². The Bertz CT molecular complexity index is 803. The van der Waals surface area contributed by atoms with Crippen LogP contribution in [0.25, 0.3) is 0 Å². The maximum absolute atomic E-state index is 11.2. The normalized spacial score (nSPS) is 12.1. The first-order chi connectivity index (χ1) is 14.3. The number of esters is 1. The van der Waals surface area contributed by atoms with Crippen molar-refractivity contribution in [2.24, 2.45) is 11.7 Å². The van der Waals surface area contributed by atoms with Crippen LogP contribution in [0, 0.1) is 5.92 Å².